The van der Waals surface area contributed by atoms with Gasteiger partial charge in [0.1, 0.15) is 30.3 Å². The molecule has 0 spiro atoms. The van der Waals surface area contributed by atoms with Crippen molar-refractivity contribution in [1.82, 2.24) is 4.90 Å². The highest BCUT2D eigenvalue weighted by Gasteiger charge is 2.35. The van der Waals surface area contributed by atoms with Crippen molar-refractivity contribution < 1.29 is 23.7 Å². The Balaban J connectivity index is 1.24. The van der Waals surface area contributed by atoms with Gasteiger partial charge >= 0.3 is 6.09 Å². The Morgan fingerprint density at radius 3 is 2.17 bits per heavy atom. The van der Waals surface area contributed by atoms with E-state index in [-0.39, 0.29) is 18.1 Å². The van der Waals surface area contributed by atoms with Gasteiger partial charge in [0.15, 0.2) is 0 Å². The number of para-hydroxylation sites is 1. The summed E-state index contributed by atoms with van der Waals surface area (Å²) in [5.41, 5.74) is 1.74. The number of ether oxygens (including phenoxy) is 4. The molecule has 2 atom stereocenters. The zero-order valence-electron chi connectivity index (χ0n) is 24.1. The van der Waals surface area contributed by atoms with Gasteiger partial charge in [0, 0.05) is 12.5 Å². The van der Waals surface area contributed by atoms with Crippen molar-refractivity contribution in [2.45, 2.75) is 51.4 Å². The maximum Gasteiger partial charge on any atom is 0.410 e. The fourth-order valence-corrected chi connectivity index (χ4v) is 5.14. The molecule has 1 amide bonds. The van der Waals surface area contributed by atoms with Crippen molar-refractivity contribution in [2.24, 2.45) is 0 Å². The minimum atomic E-state index is -0.544. The van der Waals surface area contributed by atoms with Crippen LogP contribution in [0.4, 0.5) is 4.79 Å². The van der Waals surface area contributed by atoms with Gasteiger partial charge in [-0.2, -0.15) is 0 Å². The summed E-state index contributed by atoms with van der Waals surface area (Å²) in [6.07, 6.45) is 0.317. The standard InChI is InChI=1S/C35H39NO5/c1-35(2,3)41-34(37)36-20-19-32(33(24-36)40-25-26-13-14-27-9-7-8-10-29(27)23-26)28-15-17-31(18-16-28)39-22-21-38-30-11-5-4-6-12-30/h4-18,23,32-33H,19-22,24-25H2,1-3H3. The maximum absolute atomic E-state index is 12.9. The summed E-state index contributed by atoms with van der Waals surface area (Å²) in [5.74, 6) is 1.77. The first-order valence-corrected chi connectivity index (χ1v) is 14.3. The van der Waals surface area contributed by atoms with Gasteiger partial charge < -0.3 is 23.8 Å². The van der Waals surface area contributed by atoms with Gasteiger partial charge in [-0.3, -0.25) is 0 Å². The Hall–Kier alpha value is -4.03. The van der Waals surface area contributed by atoms with E-state index in [0.29, 0.717) is 32.9 Å². The summed E-state index contributed by atoms with van der Waals surface area (Å²) in [6.45, 7) is 8.16. The van der Waals surface area contributed by atoms with E-state index in [4.69, 9.17) is 18.9 Å². The van der Waals surface area contributed by atoms with Crippen LogP contribution >= 0.6 is 0 Å². The summed E-state index contributed by atoms with van der Waals surface area (Å²) >= 11 is 0. The zero-order chi connectivity index (χ0) is 28.7. The molecule has 0 aromatic heterocycles. The second-order valence-corrected chi connectivity index (χ2v) is 11.4. The van der Waals surface area contributed by atoms with Gasteiger partial charge in [0.2, 0.25) is 0 Å². The van der Waals surface area contributed by atoms with Crippen LogP contribution in [0.1, 0.15) is 44.2 Å². The van der Waals surface area contributed by atoms with Crippen LogP contribution in [0.2, 0.25) is 0 Å². The monoisotopic (exact) mass is 553 g/mol. The first-order chi connectivity index (χ1) is 19.8. The van der Waals surface area contributed by atoms with E-state index in [1.165, 1.54) is 16.3 Å². The van der Waals surface area contributed by atoms with Crippen LogP contribution in [0.3, 0.4) is 0 Å². The third kappa shape index (κ3) is 8.01. The molecule has 2 unspecified atom stereocenters. The Morgan fingerprint density at radius 2 is 1.46 bits per heavy atom. The molecule has 4 aromatic carbocycles. The number of hydrogen-bond donors (Lipinski definition) is 0. The van der Waals surface area contributed by atoms with Gasteiger partial charge in [-0.15, -0.1) is 0 Å². The van der Waals surface area contributed by atoms with Gasteiger partial charge in [0.25, 0.3) is 0 Å². The minimum Gasteiger partial charge on any atom is -0.490 e. The average molecular weight is 554 g/mol. The molecule has 1 saturated heterocycles. The van der Waals surface area contributed by atoms with E-state index in [0.717, 1.165) is 23.5 Å². The first-order valence-electron chi connectivity index (χ1n) is 14.3. The van der Waals surface area contributed by atoms with Crippen molar-refractivity contribution >= 4 is 16.9 Å². The van der Waals surface area contributed by atoms with E-state index in [9.17, 15) is 4.79 Å². The predicted molar refractivity (Wildman–Crippen MR) is 162 cm³/mol. The lowest BCUT2D eigenvalue weighted by molar-refractivity contribution is -0.0359. The lowest BCUT2D eigenvalue weighted by atomic mass is 9.87. The number of carbonyl (C=O) groups is 1. The summed E-state index contributed by atoms with van der Waals surface area (Å²) < 4.78 is 23.9. The predicted octanol–water partition coefficient (Wildman–Crippen LogP) is 7.61. The number of nitrogens with zero attached hydrogens (tertiary/aromatic N) is 1. The molecule has 1 aliphatic rings. The first kappa shape index (κ1) is 28.5. The molecule has 0 bridgehead atoms. The topological polar surface area (TPSA) is 57.2 Å². The molecule has 0 N–H and O–H groups in total. The average Bonchev–Trinajstić information content (AvgIpc) is 2.98. The molecule has 214 valence electrons. The van der Waals surface area contributed by atoms with Crippen LogP contribution in [-0.2, 0) is 16.1 Å². The number of hydrogen-bond acceptors (Lipinski definition) is 5. The number of likely N-dealkylation sites (tertiary alicyclic amines) is 1. The highest BCUT2D eigenvalue weighted by molar-refractivity contribution is 5.82. The van der Waals surface area contributed by atoms with Crippen LogP contribution < -0.4 is 9.47 Å². The Bertz CT molecular complexity index is 1410. The molecule has 1 fully saturated rings. The van der Waals surface area contributed by atoms with E-state index in [2.05, 4.69) is 42.5 Å². The minimum absolute atomic E-state index is 0.143. The largest absolute Gasteiger partial charge is 0.490 e. The SMILES string of the molecule is CC(C)(C)OC(=O)N1CCC(c2ccc(OCCOc3ccccc3)cc2)C(OCc2ccc3ccccc3c2)C1. The van der Waals surface area contributed by atoms with Gasteiger partial charge in [-0.1, -0.05) is 66.7 Å². The molecule has 6 heteroatoms. The second-order valence-electron chi connectivity index (χ2n) is 11.4. The van der Waals surface area contributed by atoms with Crippen molar-refractivity contribution in [3.63, 3.8) is 0 Å². The van der Waals surface area contributed by atoms with Crippen molar-refractivity contribution in [1.29, 1.82) is 0 Å². The maximum atomic E-state index is 12.9. The molecule has 0 radical (unpaired) electrons. The van der Waals surface area contributed by atoms with Crippen molar-refractivity contribution in [3.05, 3.63) is 108 Å². The number of fused-ring (bicyclic) bond motifs is 1. The fourth-order valence-electron chi connectivity index (χ4n) is 5.14. The lowest BCUT2D eigenvalue weighted by Crippen LogP contribution is -2.48. The zero-order valence-corrected chi connectivity index (χ0v) is 24.1. The quantitative estimate of drug-likeness (QED) is 0.200. The van der Waals surface area contributed by atoms with E-state index in [1.54, 1.807) is 4.90 Å². The summed E-state index contributed by atoms with van der Waals surface area (Å²) in [4.78, 5) is 14.7. The van der Waals surface area contributed by atoms with Crippen LogP contribution in [0, 0.1) is 0 Å². The third-order valence-corrected chi connectivity index (χ3v) is 7.16. The molecule has 0 saturated carbocycles. The summed E-state index contributed by atoms with van der Waals surface area (Å²) in [7, 11) is 0. The number of amides is 1. The van der Waals surface area contributed by atoms with Crippen LogP contribution in [0.25, 0.3) is 10.8 Å². The molecule has 1 aliphatic heterocycles. The second kappa shape index (κ2) is 13.1. The molecular weight excluding hydrogens is 514 g/mol. The Morgan fingerprint density at radius 1 is 0.805 bits per heavy atom. The van der Waals surface area contributed by atoms with Gasteiger partial charge in [-0.25, -0.2) is 4.79 Å². The molecule has 5 rings (SSSR count). The van der Waals surface area contributed by atoms with Crippen molar-refractivity contribution in [3.8, 4) is 11.5 Å². The van der Waals surface area contributed by atoms with Gasteiger partial charge in [0.05, 0.1) is 19.3 Å². The molecule has 0 aliphatic carbocycles. The highest BCUT2D eigenvalue weighted by atomic mass is 16.6. The molecular formula is C35H39NO5. The third-order valence-electron chi connectivity index (χ3n) is 7.16. The smallest absolute Gasteiger partial charge is 0.410 e. The number of benzene rings is 4. The van der Waals surface area contributed by atoms with Crippen LogP contribution in [-0.4, -0.2) is 49.0 Å². The van der Waals surface area contributed by atoms with E-state index >= 15 is 0 Å². The number of carbonyl (C=O) groups excluding carboxylic acids is 1. The number of piperidine rings is 1. The summed E-state index contributed by atoms with van der Waals surface area (Å²) in [5, 5.41) is 2.39. The fraction of sp³-hybridized carbons (Fsp3) is 0.343. The van der Waals surface area contributed by atoms with E-state index < -0.39 is 5.60 Å². The Labute approximate surface area is 242 Å². The lowest BCUT2D eigenvalue weighted by Gasteiger charge is -2.39. The van der Waals surface area contributed by atoms with Crippen molar-refractivity contribution in [2.75, 3.05) is 26.3 Å². The molecule has 4 aromatic rings. The van der Waals surface area contributed by atoms with Gasteiger partial charge in [-0.05, 0) is 79.4 Å². The molecule has 41 heavy (non-hydrogen) atoms. The molecule has 6 nitrogen and oxygen atoms in total. The highest BCUT2D eigenvalue weighted by Crippen LogP contribution is 2.33. The van der Waals surface area contributed by atoms with E-state index in [1.807, 2.05) is 75.4 Å². The molecule has 1 heterocycles. The normalized spacial score (nSPS) is 17.3. The summed E-state index contributed by atoms with van der Waals surface area (Å²) in [6, 6.07) is 32.7. The Kier molecular flexibility index (Phi) is 9.10. The van der Waals surface area contributed by atoms with Crippen LogP contribution in [0.15, 0.2) is 97.1 Å². The number of rotatable bonds is 9. The van der Waals surface area contributed by atoms with Crippen LogP contribution in [0.5, 0.6) is 11.5 Å².